The van der Waals surface area contributed by atoms with Gasteiger partial charge in [0.05, 0.1) is 0 Å². The second kappa shape index (κ2) is 4.91. The summed E-state index contributed by atoms with van der Waals surface area (Å²) >= 11 is 0. The SMILES string of the molecule is CC1CCC2(CC1)CCN(CC(C)(C)C)CC2. The van der Waals surface area contributed by atoms with Gasteiger partial charge >= 0.3 is 0 Å². The average molecular weight is 237 g/mol. The molecule has 1 nitrogen and oxygen atoms in total. The van der Waals surface area contributed by atoms with Gasteiger partial charge in [-0.05, 0) is 55.5 Å². The summed E-state index contributed by atoms with van der Waals surface area (Å²) in [5, 5.41) is 0. The highest BCUT2D eigenvalue weighted by Crippen LogP contribution is 2.46. The van der Waals surface area contributed by atoms with E-state index < -0.39 is 0 Å². The average Bonchev–Trinajstić information content (AvgIpc) is 2.24. The lowest BCUT2D eigenvalue weighted by Gasteiger charge is -2.46. The zero-order chi connectivity index (χ0) is 12.5. The molecule has 0 aromatic rings. The summed E-state index contributed by atoms with van der Waals surface area (Å²) in [5.41, 5.74) is 1.21. The lowest BCUT2D eigenvalue weighted by molar-refractivity contribution is 0.0411. The quantitative estimate of drug-likeness (QED) is 0.656. The van der Waals surface area contributed by atoms with Crippen molar-refractivity contribution in [3.8, 4) is 0 Å². The Morgan fingerprint density at radius 1 is 1.00 bits per heavy atom. The summed E-state index contributed by atoms with van der Waals surface area (Å²) in [6.07, 6.45) is 8.93. The molecule has 17 heavy (non-hydrogen) atoms. The van der Waals surface area contributed by atoms with E-state index in [9.17, 15) is 0 Å². The van der Waals surface area contributed by atoms with E-state index >= 15 is 0 Å². The van der Waals surface area contributed by atoms with Crippen molar-refractivity contribution in [2.75, 3.05) is 19.6 Å². The van der Waals surface area contributed by atoms with Gasteiger partial charge in [-0.3, -0.25) is 0 Å². The van der Waals surface area contributed by atoms with Gasteiger partial charge in [0.2, 0.25) is 0 Å². The van der Waals surface area contributed by atoms with Crippen LogP contribution in [0.5, 0.6) is 0 Å². The highest BCUT2D eigenvalue weighted by Gasteiger charge is 2.37. The van der Waals surface area contributed by atoms with Crippen molar-refractivity contribution in [1.29, 1.82) is 0 Å². The molecule has 1 heteroatoms. The first kappa shape index (κ1) is 13.4. The number of piperidine rings is 1. The fourth-order valence-corrected chi connectivity index (χ4v) is 3.73. The Morgan fingerprint density at radius 3 is 2.00 bits per heavy atom. The first-order valence-corrected chi connectivity index (χ1v) is 7.61. The van der Waals surface area contributed by atoms with E-state index in [0.717, 1.165) is 11.3 Å². The van der Waals surface area contributed by atoms with Gasteiger partial charge in [0.1, 0.15) is 0 Å². The molecule has 2 rings (SSSR count). The Hall–Kier alpha value is -0.0400. The zero-order valence-corrected chi connectivity index (χ0v) is 12.4. The second-order valence-electron chi connectivity index (χ2n) is 8.02. The van der Waals surface area contributed by atoms with Gasteiger partial charge in [-0.2, -0.15) is 0 Å². The van der Waals surface area contributed by atoms with Gasteiger partial charge in [-0.15, -0.1) is 0 Å². The molecule has 1 saturated carbocycles. The number of rotatable bonds is 1. The van der Waals surface area contributed by atoms with Crippen LogP contribution in [-0.4, -0.2) is 24.5 Å². The van der Waals surface area contributed by atoms with Crippen LogP contribution in [0.4, 0.5) is 0 Å². The molecule has 2 fully saturated rings. The first-order valence-electron chi connectivity index (χ1n) is 7.61. The van der Waals surface area contributed by atoms with Crippen molar-refractivity contribution in [2.45, 2.75) is 66.2 Å². The van der Waals surface area contributed by atoms with Crippen molar-refractivity contribution in [3.63, 3.8) is 0 Å². The van der Waals surface area contributed by atoms with Crippen LogP contribution < -0.4 is 0 Å². The molecule has 0 bridgehead atoms. The standard InChI is InChI=1S/C16H31N/c1-14-5-7-16(8-6-14)9-11-17(12-10-16)13-15(2,3)4/h14H,5-13H2,1-4H3. The van der Waals surface area contributed by atoms with Crippen molar-refractivity contribution < 1.29 is 0 Å². The normalized spacial score (nSPS) is 27.5. The zero-order valence-electron chi connectivity index (χ0n) is 12.4. The molecular weight excluding hydrogens is 206 g/mol. The monoisotopic (exact) mass is 237 g/mol. The molecule has 1 aliphatic heterocycles. The van der Waals surface area contributed by atoms with Gasteiger partial charge in [0.15, 0.2) is 0 Å². The van der Waals surface area contributed by atoms with E-state index in [2.05, 4.69) is 32.6 Å². The van der Waals surface area contributed by atoms with Crippen molar-refractivity contribution in [1.82, 2.24) is 4.90 Å². The number of hydrogen-bond acceptors (Lipinski definition) is 1. The topological polar surface area (TPSA) is 3.24 Å². The number of likely N-dealkylation sites (tertiary alicyclic amines) is 1. The van der Waals surface area contributed by atoms with E-state index in [1.165, 1.54) is 58.2 Å². The maximum absolute atomic E-state index is 2.70. The van der Waals surface area contributed by atoms with Gasteiger partial charge in [-0.1, -0.05) is 40.5 Å². The molecular formula is C16H31N. The molecule has 2 aliphatic rings. The van der Waals surface area contributed by atoms with Gasteiger partial charge < -0.3 is 4.90 Å². The maximum atomic E-state index is 2.70. The predicted molar refractivity (Wildman–Crippen MR) is 75.2 cm³/mol. The van der Waals surface area contributed by atoms with Crippen LogP contribution in [-0.2, 0) is 0 Å². The minimum atomic E-state index is 0.464. The minimum Gasteiger partial charge on any atom is -0.303 e. The summed E-state index contributed by atoms with van der Waals surface area (Å²) in [5.74, 6) is 0.994. The molecule has 1 aliphatic carbocycles. The van der Waals surface area contributed by atoms with Crippen LogP contribution in [0.3, 0.4) is 0 Å². The lowest BCUT2D eigenvalue weighted by Crippen LogP contribution is -2.44. The Labute approximate surface area is 108 Å². The summed E-state index contributed by atoms with van der Waals surface area (Å²) < 4.78 is 0. The molecule has 0 N–H and O–H groups in total. The molecule has 100 valence electrons. The minimum absolute atomic E-state index is 0.464. The van der Waals surface area contributed by atoms with Crippen molar-refractivity contribution >= 4 is 0 Å². The third-order valence-corrected chi connectivity index (χ3v) is 4.95. The van der Waals surface area contributed by atoms with Crippen molar-refractivity contribution in [3.05, 3.63) is 0 Å². The Bertz CT molecular complexity index is 233. The van der Waals surface area contributed by atoms with Crippen LogP contribution in [0.2, 0.25) is 0 Å². The molecule has 0 aromatic carbocycles. The Morgan fingerprint density at radius 2 is 1.53 bits per heavy atom. The highest BCUT2D eigenvalue weighted by molar-refractivity contribution is 4.90. The van der Waals surface area contributed by atoms with E-state index in [4.69, 9.17) is 0 Å². The van der Waals surface area contributed by atoms with Crippen molar-refractivity contribution in [2.24, 2.45) is 16.7 Å². The van der Waals surface area contributed by atoms with Crippen LogP contribution in [0.1, 0.15) is 66.2 Å². The molecule has 1 heterocycles. The summed E-state index contributed by atoms with van der Waals surface area (Å²) in [6, 6.07) is 0. The summed E-state index contributed by atoms with van der Waals surface area (Å²) in [4.78, 5) is 2.70. The third-order valence-electron chi connectivity index (χ3n) is 4.95. The molecule has 0 amide bonds. The van der Waals surface area contributed by atoms with E-state index in [1.54, 1.807) is 0 Å². The first-order chi connectivity index (χ1) is 7.89. The van der Waals surface area contributed by atoms with Gasteiger partial charge in [-0.25, -0.2) is 0 Å². The van der Waals surface area contributed by atoms with E-state index in [1.807, 2.05) is 0 Å². The molecule has 0 unspecified atom stereocenters. The van der Waals surface area contributed by atoms with Crippen LogP contribution in [0.25, 0.3) is 0 Å². The number of nitrogens with zero attached hydrogens (tertiary/aromatic N) is 1. The Kier molecular flexibility index (Phi) is 3.87. The fraction of sp³-hybridized carbons (Fsp3) is 1.00. The molecule has 0 atom stereocenters. The van der Waals surface area contributed by atoms with Crippen LogP contribution in [0.15, 0.2) is 0 Å². The van der Waals surface area contributed by atoms with Gasteiger partial charge in [0, 0.05) is 6.54 Å². The molecule has 1 spiro atoms. The summed E-state index contributed by atoms with van der Waals surface area (Å²) in [7, 11) is 0. The lowest BCUT2D eigenvalue weighted by atomic mass is 9.66. The van der Waals surface area contributed by atoms with E-state index in [-0.39, 0.29) is 0 Å². The molecule has 1 saturated heterocycles. The Balaban J connectivity index is 1.81. The van der Waals surface area contributed by atoms with Crippen LogP contribution >= 0.6 is 0 Å². The highest BCUT2D eigenvalue weighted by atomic mass is 15.1. The van der Waals surface area contributed by atoms with E-state index in [0.29, 0.717) is 5.41 Å². The van der Waals surface area contributed by atoms with Crippen LogP contribution in [0, 0.1) is 16.7 Å². The largest absolute Gasteiger partial charge is 0.303 e. The number of hydrogen-bond donors (Lipinski definition) is 0. The molecule has 0 radical (unpaired) electrons. The second-order valence-corrected chi connectivity index (χ2v) is 8.02. The van der Waals surface area contributed by atoms with Gasteiger partial charge in [0.25, 0.3) is 0 Å². The molecule has 0 aromatic heterocycles. The third kappa shape index (κ3) is 3.71. The maximum Gasteiger partial charge on any atom is 0.00300 e. The predicted octanol–water partition coefficient (Wildman–Crippen LogP) is 4.32. The fourth-order valence-electron chi connectivity index (χ4n) is 3.73. The smallest absolute Gasteiger partial charge is 0.00300 e. The summed E-state index contributed by atoms with van der Waals surface area (Å²) in [6.45, 7) is 13.5.